The lowest BCUT2D eigenvalue weighted by atomic mass is 10.2. The molecule has 4 heteroatoms. The SMILES string of the molecule is CC(Br)C(=O)N(C)c1ccccc1C#N. The van der Waals surface area contributed by atoms with Crippen molar-refractivity contribution in [2.75, 3.05) is 11.9 Å². The molecule has 0 radical (unpaired) electrons. The van der Waals surface area contributed by atoms with Gasteiger partial charge in [-0.15, -0.1) is 0 Å². The number of anilines is 1. The lowest BCUT2D eigenvalue weighted by Gasteiger charge is -2.19. The molecular weight excluding hydrogens is 256 g/mol. The Balaban J connectivity index is 3.07. The smallest absolute Gasteiger partial charge is 0.240 e. The highest BCUT2D eigenvalue weighted by atomic mass is 79.9. The van der Waals surface area contributed by atoms with E-state index in [1.54, 1.807) is 38.2 Å². The zero-order valence-corrected chi connectivity index (χ0v) is 10.2. The fourth-order valence-electron chi connectivity index (χ4n) is 1.25. The first-order chi connectivity index (χ1) is 7.07. The minimum atomic E-state index is -0.255. The zero-order chi connectivity index (χ0) is 11.4. The average Bonchev–Trinajstić information content (AvgIpc) is 2.26. The van der Waals surface area contributed by atoms with Crippen molar-refractivity contribution < 1.29 is 4.79 Å². The molecule has 0 saturated heterocycles. The maximum Gasteiger partial charge on any atom is 0.240 e. The van der Waals surface area contributed by atoms with Crippen LogP contribution < -0.4 is 4.90 Å². The highest BCUT2D eigenvalue weighted by molar-refractivity contribution is 9.10. The van der Waals surface area contributed by atoms with Gasteiger partial charge in [-0.3, -0.25) is 4.79 Å². The van der Waals surface area contributed by atoms with E-state index in [1.807, 2.05) is 0 Å². The molecule has 0 spiro atoms. The lowest BCUT2D eigenvalue weighted by Crippen LogP contribution is -2.32. The number of nitriles is 1. The number of carbonyl (C=O) groups excluding carboxylic acids is 1. The Morgan fingerprint density at radius 3 is 2.67 bits per heavy atom. The predicted octanol–water partition coefficient (Wildman–Crippen LogP) is 2.30. The van der Waals surface area contributed by atoms with Gasteiger partial charge in [-0.05, 0) is 19.1 Å². The first-order valence-electron chi connectivity index (χ1n) is 4.48. The molecule has 78 valence electrons. The molecule has 15 heavy (non-hydrogen) atoms. The van der Waals surface area contributed by atoms with Crippen LogP contribution in [0, 0.1) is 11.3 Å². The van der Waals surface area contributed by atoms with E-state index < -0.39 is 0 Å². The van der Waals surface area contributed by atoms with Gasteiger partial charge in [0.05, 0.1) is 16.1 Å². The Morgan fingerprint density at radius 1 is 1.53 bits per heavy atom. The van der Waals surface area contributed by atoms with Crippen molar-refractivity contribution in [3.63, 3.8) is 0 Å². The van der Waals surface area contributed by atoms with Crippen molar-refractivity contribution >= 4 is 27.5 Å². The van der Waals surface area contributed by atoms with Crippen molar-refractivity contribution in [3.05, 3.63) is 29.8 Å². The van der Waals surface area contributed by atoms with E-state index in [0.717, 1.165) is 0 Å². The third kappa shape index (κ3) is 2.57. The number of hydrogen-bond acceptors (Lipinski definition) is 2. The van der Waals surface area contributed by atoms with Crippen LogP contribution in [0.1, 0.15) is 12.5 Å². The summed E-state index contributed by atoms with van der Waals surface area (Å²) >= 11 is 3.21. The molecule has 0 aromatic heterocycles. The number of rotatable bonds is 2. The van der Waals surface area contributed by atoms with Crippen LogP contribution in [0.5, 0.6) is 0 Å². The maximum absolute atomic E-state index is 11.7. The van der Waals surface area contributed by atoms with Crippen LogP contribution in [0.3, 0.4) is 0 Å². The molecule has 3 nitrogen and oxygen atoms in total. The molecule has 1 aromatic carbocycles. The molecule has 1 aromatic rings. The van der Waals surface area contributed by atoms with Crippen molar-refractivity contribution in [3.8, 4) is 6.07 Å². The van der Waals surface area contributed by atoms with Crippen molar-refractivity contribution in [2.24, 2.45) is 0 Å². The molecule has 0 bridgehead atoms. The minimum Gasteiger partial charge on any atom is -0.313 e. The third-order valence-electron chi connectivity index (χ3n) is 2.06. The quantitative estimate of drug-likeness (QED) is 0.772. The summed E-state index contributed by atoms with van der Waals surface area (Å²) in [5, 5.41) is 8.89. The zero-order valence-electron chi connectivity index (χ0n) is 8.57. The summed E-state index contributed by atoms with van der Waals surface area (Å²) in [4.78, 5) is 12.9. The highest BCUT2D eigenvalue weighted by Crippen LogP contribution is 2.19. The van der Waals surface area contributed by atoms with Crippen LogP contribution in [-0.2, 0) is 4.79 Å². The Bertz CT molecular complexity index is 409. The summed E-state index contributed by atoms with van der Waals surface area (Å²) < 4.78 is 0. The maximum atomic E-state index is 11.7. The Kier molecular flexibility index (Phi) is 3.87. The van der Waals surface area contributed by atoms with Gasteiger partial charge < -0.3 is 4.90 Å². The number of amides is 1. The largest absolute Gasteiger partial charge is 0.313 e. The molecule has 0 heterocycles. The monoisotopic (exact) mass is 266 g/mol. The summed E-state index contributed by atoms with van der Waals surface area (Å²) in [5.41, 5.74) is 1.14. The summed E-state index contributed by atoms with van der Waals surface area (Å²) in [7, 11) is 1.66. The summed E-state index contributed by atoms with van der Waals surface area (Å²) in [5.74, 6) is -0.0716. The van der Waals surface area contributed by atoms with E-state index in [4.69, 9.17) is 5.26 Å². The van der Waals surface area contributed by atoms with Gasteiger partial charge in [-0.25, -0.2) is 0 Å². The first kappa shape index (κ1) is 11.7. The van der Waals surface area contributed by atoms with Gasteiger partial charge >= 0.3 is 0 Å². The standard InChI is InChI=1S/C11H11BrN2O/c1-8(12)11(15)14(2)10-6-4-3-5-9(10)7-13/h3-6,8H,1-2H3. The van der Waals surface area contributed by atoms with E-state index in [0.29, 0.717) is 11.3 Å². The van der Waals surface area contributed by atoms with E-state index in [2.05, 4.69) is 22.0 Å². The molecule has 0 aliphatic heterocycles. The van der Waals surface area contributed by atoms with E-state index in [1.165, 1.54) is 4.90 Å². The van der Waals surface area contributed by atoms with Crippen molar-refractivity contribution in [1.82, 2.24) is 0 Å². The molecule has 0 aliphatic carbocycles. The van der Waals surface area contributed by atoms with E-state index in [-0.39, 0.29) is 10.7 Å². The van der Waals surface area contributed by atoms with E-state index in [9.17, 15) is 4.79 Å². The number of benzene rings is 1. The van der Waals surface area contributed by atoms with Gasteiger partial charge in [0, 0.05) is 7.05 Å². The predicted molar refractivity (Wildman–Crippen MR) is 63.0 cm³/mol. The minimum absolute atomic E-state index is 0.0716. The lowest BCUT2D eigenvalue weighted by molar-refractivity contribution is -0.117. The molecule has 0 saturated carbocycles. The summed E-state index contributed by atoms with van der Waals surface area (Å²) in [6, 6.07) is 9.09. The molecule has 1 unspecified atom stereocenters. The molecule has 1 amide bonds. The number of carbonyl (C=O) groups is 1. The van der Waals surface area contributed by atoms with Crippen LogP contribution in [0.15, 0.2) is 24.3 Å². The van der Waals surface area contributed by atoms with Gasteiger partial charge in [0.15, 0.2) is 0 Å². The molecule has 0 N–H and O–H groups in total. The Morgan fingerprint density at radius 2 is 2.13 bits per heavy atom. The van der Waals surface area contributed by atoms with Gasteiger partial charge in [-0.1, -0.05) is 28.1 Å². The Labute approximate surface area is 97.4 Å². The normalized spacial score (nSPS) is 11.6. The summed E-state index contributed by atoms with van der Waals surface area (Å²) in [6.07, 6.45) is 0. The van der Waals surface area contributed by atoms with Gasteiger partial charge in [-0.2, -0.15) is 5.26 Å². The second-order valence-corrected chi connectivity index (χ2v) is 4.52. The number of halogens is 1. The van der Waals surface area contributed by atoms with Crippen molar-refractivity contribution in [2.45, 2.75) is 11.8 Å². The Hall–Kier alpha value is -1.34. The number of alkyl halides is 1. The van der Waals surface area contributed by atoms with Crippen LogP contribution in [0.4, 0.5) is 5.69 Å². The molecule has 0 fully saturated rings. The van der Waals surface area contributed by atoms with Gasteiger partial charge in [0.25, 0.3) is 0 Å². The molecule has 1 atom stereocenters. The molecule has 1 rings (SSSR count). The molecule has 0 aliphatic rings. The van der Waals surface area contributed by atoms with Crippen LogP contribution in [0.2, 0.25) is 0 Å². The second kappa shape index (κ2) is 4.94. The van der Waals surface area contributed by atoms with Gasteiger partial charge in [0.2, 0.25) is 5.91 Å². The topological polar surface area (TPSA) is 44.1 Å². The summed E-state index contributed by atoms with van der Waals surface area (Å²) in [6.45, 7) is 1.76. The van der Waals surface area contributed by atoms with Crippen LogP contribution in [0.25, 0.3) is 0 Å². The fraction of sp³-hybridized carbons (Fsp3) is 0.273. The molecular formula is C11H11BrN2O. The highest BCUT2D eigenvalue weighted by Gasteiger charge is 2.17. The number of nitrogens with zero attached hydrogens (tertiary/aromatic N) is 2. The van der Waals surface area contributed by atoms with Crippen LogP contribution in [-0.4, -0.2) is 17.8 Å². The van der Waals surface area contributed by atoms with Crippen LogP contribution >= 0.6 is 15.9 Å². The number of para-hydroxylation sites is 1. The first-order valence-corrected chi connectivity index (χ1v) is 5.40. The van der Waals surface area contributed by atoms with Gasteiger partial charge in [0.1, 0.15) is 6.07 Å². The number of hydrogen-bond donors (Lipinski definition) is 0. The fourth-order valence-corrected chi connectivity index (χ4v) is 1.55. The second-order valence-electron chi connectivity index (χ2n) is 3.14. The van der Waals surface area contributed by atoms with Crippen molar-refractivity contribution in [1.29, 1.82) is 5.26 Å². The average molecular weight is 267 g/mol. The van der Waals surface area contributed by atoms with E-state index >= 15 is 0 Å². The third-order valence-corrected chi connectivity index (χ3v) is 2.45.